The van der Waals surface area contributed by atoms with Crippen molar-refractivity contribution in [3.63, 3.8) is 0 Å². The van der Waals surface area contributed by atoms with Crippen LogP contribution in [0.4, 0.5) is 0 Å². The van der Waals surface area contributed by atoms with Crippen molar-refractivity contribution in [2.75, 3.05) is 6.61 Å². The molecule has 1 unspecified atom stereocenters. The van der Waals surface area contributed by atoms with Gasteiger partial charge in [0.25, 0.3) is 11.7 Å². The maximum atomic E-state index is 13.0. The molecule has 1 saturated heterocycles. The summed E-state index contributed by atoms with van der Waals surface area (Å²) < 4.78 is 10.9. The molecule has 158 valence electrons. The zero-order valence-corrected chi connectivity index (χ0v) is 17.4. The van der Waals surface area contributed by atoms with Crippen molar-refractivity contribution >= 4 is 29.1 Å². The number of pyridine rings is 1. The number of ether oxygens (including phenoxy) is 1. The molecule has 0 radical (unpaired) electrons. The molecular weight excluding hydrogens is 420 g/mol. The van der Waals surface area contributed by atoms with Gasteiger partial charge in [-0.1, -0.05) is 17.7 Å². The molecule has 7 nitrogen and oxygen atoms in total. The van der Waals surface area contributed by atoms with E-state index in [1.54, 1.807) is 54.9 Å². The van der Waals surface area contributed by atoms with Gasteiger partial charge in [0.2, 0.25) is 0 Å². The Kier molecular flexibility index (Phi) is 5.77. The Bertz CT molecular complexity index is 1140. The molecule has 1 N–H and O–H groups in total. The van der Waals surface area contributed by atoms with Gasteiger partial charge in [0.05, 0.1) is 36.1 Å². The summed E-state index contributed by atoms with van der Waals surface area (Å²) >= 11 is 6.15. The van der Waals surface area contributed by atoms with Crippen molar-refractivity contribution in [1.82, 2.24) is 9.88 Å². The van der Waals surface area contributed by atoms with E-state index in [1.807, 2.05) is 6.92 Å². The number of aliphatic hydroxyl groups is 1. The van der Waals surface area contributed by atoms with Crippen LogP contribution in [0.15, 0.2) is 71.1 Å². The number of aromatic nitrogens is 1. The first kappa shape index (κ1) is 20.7. The van der Waals surface area contributed by atoms with Crippen molar-refractivity contribution < 1.29 is 23.8 Å². The maximum Gasteiger partial charge on any atom is 0.296 e. The second kappa shape index (κ2) is 8.65. The molecule has 1 amide bonds. The fourth-order valence-corrected chi connectivity index (χ4v) is 3.74. The van der Waals surface area contributed by atoms with E-state index in [9.17, 15) is 14.7 Å². The molecule has 8 heteroatoms. The van der Waals surface area contributed by atoms with Crippen molar-refractivity contribution in [2.45, 2.75) is 19.5 Å². The number of furan rings is 1. The van der Waals surface area contributed by atoms with Crippen molar-refractivity contribution in [2.24, 2.45) is 0 Å². The summed E-state index contributed by atoms with van der Waals surface area (Å²) in [5.74, 6) is -0.944. The first-order chi connectivity index (χ1) is 15.0. The molecule has 1 aliphatic heterocycles. The van der Waals surface area contributed by atoms with Crippen LogP contribution in [0.5, 0.6) is 5.75 Å². The Labute approximate surface area is 183 Å². The lowest BCUT2D eigenvalue weighted by Gasteiger charge is -2.24. The molecule has 1 fully saturated rings. The summed E-state index contributed by atoms with van der Waals surface area (Å²) in [6.07, 6.45) is 4.65. The number of Topliss-reactive ketones (excluding diaryl/α,β-unsaturated/α-hetero) is 1. The fourth-order valence-electron chi connectivity index (χ4n) is 3.57. The van der Waals surface area contributed by atoms with Gasteiger partial charge in [-0.2, -0.15) is 0 Å². The zero-order valence-electron chi connectivity index (χ0n) is 16.6. The molecule has 0 spiro atoms. The lowest BCUT2D eigenvalue weighted by Crippen LogP contribution is -2.29. The Morgan fingerprint density at radius 3 is 2.77 bits per heavy atom. The van der Waals surface area contributed by atoms with Crippen LogP contribution in [0.1, 0.15) is 29.9 Å². The van der Waals surface area contributed by atoms with Gasteiger partial charge in [0.1, 0.15) is 17.3 Å². The van der Waals surface area contributed by atoms with E-state index >= 15 is 0 Å². The molecule has 2 aromatic heterocycles. The Balaban J connectivity index is 1.85. The first-order valence-corrected chi connectivity index (χ1v) is 10.0. The van der Waals surface area contributed by atoms with E-state index in [2.05, 4.69) is 4.98 Å². The summed E-state index contributed by atoms with van der Waals surface area (Å²) in [4.78, 5) is 31.4. The molecule has 3 aromatic rings. The third-order valence-corrected chi connectivity index (χ3v) is 5.26. The van der Waals surface area contributed by atoms with Gasteiger partial charge in [-0.05, 0) is 48.9 Å². The Hall–Kier alpha value is -3.58. The van der Waals surface area contributed by atoms with Crippen LogP contribution in [0.2, 0.25) is 5.02 Å². The van der Waals surface area contributed by atoms with Crippen LogP contribution >= 0.6 is 11.6 Å². The predicted molar refractivity (Wildman–Crippen MR) is 113 cm³/mol. The van der Waals surface area contributed by atoms with Crippen molar-refractivity contribution in [3.05, 3.63) is 88.6 Å². The van der Waals surface area contributed by atoms with E-state index in [4.69, 9.17) is 20.8 Å². The zero-order chi connectivity index (χ0) is 22.0. The molecule has 4 rings (SSSR count). The van der Waals surface area contributed by atoms with Crippen LogP contribution in [-0.2, 0) is 16.1 Å². The minimum absolute atomic E-state index is 0.0330. The average Bonchev–Trinajstić information content (AvgIpc) is 3.38. The molecule has 0 saturated carbocycles. The van der Waals surface area contributed by atoms with Gasteiger partial charge >= 0.3 is 0 Å². The number of amides is 1. The maximum absolute atomic E-state index is 13.0. The Morgan fingerprint density at radius 2 is 2.10 bits per heavy atom. The van der Waals surface area contributed by atoms with Crippen molar-refractivity contribution in [1.29, 1.82) is 0 Å². The number of likely N-dealkylation sites (tertiary alicyclic amines) is 1. The minimum atomic E-state index is -0.829. The van der Waals surface area contributed by atoms with Gasteiger partial charge < -0.3 is 19.2 Å². The third-order valence-electron chi connectivity index (χ3n) is 4.95. The van der Waals surface area contributed by atoms with Gasteiger partial charge in [-0.3, -0.25) is 14.6 Å². The lowest BCUT2D eigenvalue weighted by atomic mass is 9.96. The monoisotopic (exact) mass is 438 g/mol. The molecule has 31 heavy (non-hydrogen) atoms. The SMILES string of the molecule is CCOc1cc(/C(O)=C2/C(=O)C(=O)N(Cc3ccco3)C2c2cccnc2)ccc1Cl. The highest BCUT2D eigenvalue weighted by Crippen LogP contribution is 2.40. The predicted octanol–water partition coefficient (Wildman–Crippen LogP) is 4.35. The summed E-state index contributed by atoms with van der Waals surface area (Å²) in [7, 11) is 0. The number of rotatable bonds is 6. The van der Waals surface area contributed by atoms with Crippen molar-refractivity contribution in [3.8, 4) is 5.75 Å². The number of carbonyl (C=O) groups is 2. The molecule has 1 aromatic carbocycles. The smallest absolute Gasteiger partial charge is 0.296 e. The van der Waals surface area contributed by atoms with Crippen LogP contribution in [0.25, 0.3) is 5.76 Å². The largest absolute Gasteiger partial charge is 0.507 e. The van der Waals surface area contributed by atoms with E-state index in [0.717, 1.165) is 0 Å². The highest BCUT2D eigenvalue weighted by molar-refractivity contribution is 6.46. The number of nitrogens with zero attached hydrogens (tertiary/aromatic N) is 2. The highest BCUT2D eigenvalue weighted by atomic mass is 35.5. The number of hydrogen-bond acceptors (Lipinski definition) is 6. The van der Waals surface area contributed by atoms with E-state index in [0.29, 0.717) is 34.3 Å². The van der Waals surface area contributed by atoms with Crippen LogP contribution in [0.3, 0.4) is 0 Å². The standard InChI is InChI=1S/C23H19ClN2O5/c1-2-30-18-11-14(7-8-17(18)24)21(27)19-20(15-5-3-9-25-12-15)26(23(29)22(19)28)13-16-6-4-10-31-16/h3-12,20,27H,2,13H2,1H3/b21-19-. The highest BCUT2D eigenvalue weighted by Gasteiger charge is 2.46. The number of benzene rings is 1. The average molecular weight is 439 g/mol. The summed E-state index contributed by atoms with van der Waals surface area (Å²) in [5.41, 5.74) is 0.876. The fraction of sp³-hybridized carbons (Fsp3) is 0.174. The summed E-state index contributed by atoms with van der Waals surface area (Å²) in [6, 6.07) is 10.7. The summed E-state index contributed by atoms with van der Waals surface area (Å²) in [5, 5.41) is 11.5. The second-order valence-corrected chi connectivity index (χ2v) is 7.28. The minimum Gasteiger partial charge on any atom is -0.507 e. The van der Waals surface area contributed by atoms with E-state index < -0.39 is 17.7 Å². The number of carbonyl (C=O) groups excluding carboxylic acids is 2. The molecule has 1 atom stereocenters. The van der Waals surface area contributed by atoms with Crippen LogP contribution in [0, 0.1) is 0 Å². The normalized spacial score (nSPS) is 17.9. The van der Waals surface area contributed by atoms with E-state index in [1.165, 1.54) is 11.2 Å². The van der Waals surface area contributed by atoms with Crippen LogP contribution < -0.4 is 4.74 Å². The molecular formula is C23H19ClN2O5. The van der Waals surface area contributed by atoms with Gasteiger partial charge in [0.15, 0.2) is 0 Å². The Morgan fingerprint density at radius 1 is 1.26 bits per heavy atom. The van der Waals surface area contributed by atoms with Crippen LogP contribution in [-0.4, -0.2) is 33.3 Å². The first-order valence-electron chi connectivity index (χ1n) is 9.64. The quantitative estimate of drug-likeness (QED) is 0.349. The molecule has 0 aliphatic carbocycles. The topological polar surface area (TPSA) is 92.9 Å². The van der Waals surface area contributed by atoms with Gasteiger partial charge in [0, 0.05) is 18.0 Å². The lowest BCUT2D eigenvalue weighted by molar-refractivity contribution is -0.140. The molecule has 3 heterocycles. The van der Waals surface area contributed by atoms with E-state index in [-0.39, 0.29) is 17.9 Å². The number of halogens is 1. The number of ketones is 1. The molecule has 0 bridgehead atoms. The summed E-state index contributed by atoms with van der Waals surface area (Å²) in [6.45, 7) is 2.26. The van der Waals surface area contributed by atoms with Gasteiger partial charge in [-0.25, -0.2) is 0 Å². The van der Waals surface area contributed by atoms with Gasteiger partial charge in [-0.15, -0.1) is 0 Å². The molecule has 1 aliphatic rings. The number of aliphatic hydroxyl groups excluding tert-OH is 1. The second-order valence-electron chi connectivity index (χ2n) is 6.87. The third kappa shape index (κ3) is 3.92. The number of hydrogen-bond donors (Lipinski definition) is 1.